The summed E-state index contributed by atoms with van der Waals surface area (Å²) < 4.78 is 2.05. The van der Waals surface area contributed by atoms with Gasteiger partial charge >= 0.3 is 0 Å². The number of nitrogens with one attached hydrogen (secondary N) is 1. The Morgan fingerprint density at radius 1 is 0.861 bits per heavy atom. The first-order chi connectivity index (χ1) is 17.7. The van der Waals surface area contributed by atoms with Gasteiger partial charge in [-0.25, -0.2) is 0 Å². The second kappa shape index (κ2) is 9.30. The van der Waals surface area contributed by atoms with Gasteiger partial charge in [0.05, 0.1) is 6.54 Å². The Kier molecular flexibility index (Phi) is 5.84. The van der Waals surface area contributed by atoms with Crippen LogP contribution in [0.25, 0.3) is 10.9 Å². The minimum atomic E-state index is -1.17. The molecule has 1 aromatic heterocycles. The van der Waals surface area contributed by atoms with Crippen molar-refractivity contribution in [3.63, 3.8) is 0 Å². The highest BCUT2D eigenvalue weighted by atomic mass is 16.2. The summed E-state index contributed by atoms with van der Waals surface area (Å²) >= 11 is 0. The van der Waals surface area contributed by atoms with E-state index in [0.29, 0.717) is 18.8 Å². The molecule has 4 aromatic rings. The highest BCUT2D eigenvalue weighted by Crippen LogP contribution is 2.40. The molecule has 36 heavy (non-hydrogen) atoms. The number of carbonyl (C=O) groups is 2. The zero-order valence-electron chi connectivity index (χ0n) is 20.4. The molecular weight excluding hydrogens is 446 g/mol. The van der Waals surface area contributed by atoms with Crippen molar-refractivity contribution in [2.24, 2.45) is 0 Å². The first-order valence-corrected chi connectivity index (χ1v) is 13.0. The Labute approximate surface area is 211 Å². The van der Waals surface area contributed by atoms with Gasteiger partial charge in [0.1, 0.15) is 5.69 Å². The van der Waals surface area contributed by atoms with E-state index in [-0.39, 0.29) is 17.9 Å². The van der Waals surface area contributed by atoms with Crippen molar-refractivity contribution >= 4 is 22.7 Å². The molecule has 5 heteroatoms. The topological polar surface area (TPSA) is 54.3 Å². The van der Waals surface area contributed by atoms with Crippen molar-refractivity contribution in [1.29, 1.82) is 0 Å². The Morgan fingerprint density at radius 3 is 2.28 bits per heavy atom. The van der Waals surface area contributed by atoms with E-state index < -0.39 is 5.54 Å². The fraction of sp³-hybridized carbons (Fsp3) is 0.290. The summed E-state index contributed by atoms with van der Waals surface area (Å²) in [6.45, 7) is 0.727. The van der Waals surface area contributed by atoms with Crippen LogP contribution in [0.1, 0.15) is 53.7 Å². The lowest BCUT2D eigenvalue weighted by Gasteiger charge is -2.47. The van der Waals surface area contributed by atoms with Crippen molar-refractivity contribution in [1.82, 2.24) is 14.8 Å². The number of fused-ring (bicyclic) bond motifs is 3. The molecule has 1 fully saturated rings. The lowest BCUT2D eigenvalue weighted by atomic mass is 9.83. The van der Waals surface area contributed by atoms with Gasteiger partial charge in [0.25, 0.3) is 11.8 Å². The number of nitrogens with zero attached hydrogens (tertiary/aromatic N) is 2. The highest BCUT2D eigenvalue weighted by Gasteiger charge is 2.52. The Bertz CT molecular complexity index is 1390. The second-order valence-corrected chi connectivity index (χ2v) is 10.1. The first kappa shape index (κ1) is 22.6. The summed E-state index contributed by atoms with van der Waals surface area (Å²) in [4.78, 5) is 30.6. The largest absolute Gasteiger partial charge is 0.351 e. The fourth-order valence-electron chi connectivity index (χ4n) is 5.99. The monoisotopic (exact) mass is 477 g/mol. The molecule has 2 heterocycles. The van der Waals surface area contributed by atoms with E-state index in [2.05, 4.69) is 5.32 Å². The van der Waals surface area contributed by atoms with Gasteiger partial charge in [0.2, 0.25) is 0 Å². The summed E-state index contributed by atoms with van der Waals surface area (Å²) in [7, 11) is 0. The molecule has 1 aliphatic heterocycles. The first-order valence-electron chi connectivity index (χ1n) is 13.0. The average Bonchev–Trinajstić information content (AvgIpc) is 3.30. The van der Waals surface area contributed by atoms with E-state index >= 15 is 0 Å². The van der Waals surface area contributed by atoms with Gasteiger partial charge in [-0.05, 0) is 36.1 Å². The quantitative estimate of drug-likeness (QED) is 0.404. The Morgan fingerprint density at radius 2 is 1.53 bits per heavy atom. The third-order valence-electron chi connectivity index (χ3n) is 7.87. The number of amides is 2. The van der Waals surface area contributed by atoms with Crippen LogP contribution in [-0.2, 0) is 23.4 Å². The molecule has 3 aromatic carbocycles. The van der Waals surface area contributed by atoms with Crippen LogP contribution in [0.3, 0.4) is 0 Å². The molecule has 0 saturated heterocycles. The molecule has 1 atom stereocenters. The Balaban J connectivity index is 1.54. The van der Waals surface area contributed by atoms with Gasteiger partial charge in [-0.2, -0.15) is 0 Å². The van der Waals surface area contributed by atoms with Crippen LogP contribution in [0.5, 0.6) is 0 Å². The highest BCUT2D eigenvalue weighted by molar-refractivity contribution is 6.04. The molecule has 6 rings (SSSR count). The van der Waals surface area contributed by atoms with E-state index in [9.17, 15) is 9.59 Å². The fourth-order valence-corrected chi connectivity index (χ4v) is 5.99. The van der Waals surface area contributed by atoms with E-state index in [1.54, 1.807) is 0 Å². The molecule has 182 valence electrons. The van der Waals surface area contributed by atoms with E-state index in [1.165, 1.54) is 6.42 Å². The van der Waals surface area contributed by atoms with Crippen LogP contribution < -0.4 is 5.32 Å². The molecule has 1 N–H and O–H groups in total. The number of aromatic nitrogens is 1. The van der Waals surface area contributed by atoms with Gasteiger partial charge in [0, 0.05) is 23.5 Å². The number of rotatable bonds is 5. The third kappa shape index (κ3) is 3.79. The molecule has 0 radical (unpaired) electrons. The molecule has 0 spiro atoms. The van der Waals surface area contributed by atoms with Gasteiger partial charge in [-0.3, -0.25) is 9.59 Å². The molecule has 1 saturated carbocycles. The van der Waals surface area contributed by atoms with E-state index in [1.807, 2.05) is 100 Å². The van der Waals surface area contributed by atoms with Crippen molar-refractivity contribution < 1.29 is 9.59 Å². The molecule has 2 aliphatic rings. The average molecular weight is 478 g/mol. The maximum Gasteiger partial charge on any atom is 0.272 e. The standard InChI is InChI=1S/C31H31N3O2/c35-29-28-20-24-14-10-11-19-27(24)33(28)22-31(25-15-6-2-7-16-25,30(36)32-26-17-8-3-9-18-26)34(29)21-23-12-4-1-5-13-23/h1-2,4-7,10-16,19-20,26H,3,8-9,17-18,21-22H2,(H,32,36)/t31-/m1/s1. The zero-order chi connectivity index (χ0) is 24.5. The number of benzene rings is 3. The number of hydrogen-bond donors (Lipinski definition) is 1. The summed E-state index contributed by atoms with van der Waals surface area (Å²) in [5.41, 5.74) is 2.28. The van der Waals surface area contributed by atoms with Crippen LogP contribution in [0.4, 0.5) is 0 Å². The number of carbonyl (C=O) groups excluding carboxylic acids is 2. The molecule has 1 aliphatic carbocycles. The smallest absolute Gasteiger partial charge is 0.272 e. The minimum Gasteiger partial charge on any atom is -0.351 e. The summed E-state index contributed by atoms with van der Waals surface area (Å²) in [5.74, 6) is -0.211. The van der Waals surface area contributed by atoms with Crippen molar-refractivity contribution in [3.8, 4) is 0 Å². The van der Waals surface area contributed by atoms with Crippen LogP contribution in [0, 0.1) is 0 Å². The van der Waals surface area contributed by atoms with Crippen LogP contribution in [0.2, 0.25) is 0 Å². The van der Waals surface area contributed by atoms with Crippen LogP contribution in [-0.4, -0.2) is 27.3 Å². The van der Waals surface area contributed by atoms with Gasteiger partial charge in [0.15, 0.2) is 5.54 Å². The van der Waals surface area contributed by atoms with Gasteiger partial charge in [-0.15, -0.1) is 0 Å². The van der Waals surface area contributed by atoms with Crippen molar-refractivity contribution in [2.75, 3.05) is 0 Å². The number of para-hydroxylation sites is 1. The molecule has 0 unspecified atom stereocenters. The summed E-state index contributed by atoms with van der Waals surface area (Å²) in [6, 6.07) is 30.0. The normalized spacial score (nSPS) is 20.3. The van der Waals surface area contributed by atoms with E-state index in [4.69, 9.17) is 0 Å². The molecule has 0 bridgehead atoms. The third-order valence-corrected chi connectivity index (χ3v) is 7.87. The van der Waals surface area contributed by atoms with Crippen molar-refractivity contribution in [2.45, 2.75) is 56.8 Å². The lowest BCUT2D eigenvalue weighted by Crippen LogP contribution is -2.64. The zero-order valence-corrected chi connectivity index (χ0v) is 20.4. The van der Waals surface area contributed by atoms with Crippen molar-refractivity contribution in [3.05, 3.63) is 108 Å². The van der Waals surface area contributed by atoms with Gasteiger partial charge in [-0.1, -0.05) is 98.1 Å². The molecular formula is C31H31N3O2. The minimum absolute atomic E-state index is 0.0895. The predicted molar refractivity (Wildman–Crippen MR) is 141 cm³/mol. The van der Waals surface area contributed by atoms with Crippen LogP contribution in [0.15, 0.2) is 91.0 Å². The predicted octanol–water partition coefficient (Wildman–Crippen LogP) is 5.64. The summed E-state index contributed by atoms with van der Waals surface area (Å²) in [5, 5.41) is 4.40. The second-order valence-electron chi connectivity index (χ2n) is 10.1. The Hall–Kier alpha value is -3.86. The maximum absolute atomic E-state index is 14.5. The van der Waals surface area contributed by atoms with Crippen LogP contribution >= 0.6 is 0 Å². The molecule has 2 amide bonds. The lowest BCUT2D eigenvalue weighted by molar-refractivity contribution is -0.136. The van der Waals surface area contributed by atoms with Gasteiger partial charge < -0.3 is 14.8 Å². The van der Waals surface area contributed by atoms with E-state index in [0.717, 1.165) is 47.7 Å². The summed E-state index contributed by atoms with van der Waals surface area (Å²) in [6.07, 6.45) is 5.44. The molecule has 5 nitrogen and oxygen atoms in total. The maximum atomic E-state index is 14.5. The SMILES string of the molecule is O=C1c2cc3ccccc3n2C[C@](C(=O)NC2CCCCC2)(c2ccccc2)N1Cc1ccccc1. The number of hydrogen-bond acceptors (Lipinski definition) is 2.